The van der Waals surface area contributed by atoms with E-state index in [4.69, 9.17) is 16.3 Å². The summed E-state index contributed by atoms with van der Waals surface area (Å²) < 4.78 is 6.08. The number of hydrogen-bond acceptors (Lipinski definition) is 3. The Morgan fingerprint density at radius 2 is 1.96 bits per heavy atom. The highest BCUT2D eigenvalue weighted by Gasteiger charge is 2.34. The van der Waals surface area contributed by atoms with Crippen molar-refractivity contribution in [2.24, 2.45) is 11.8 Å². The summed E-state index contributed by atoms with van der Waals surface area (Å²) in [5.41, 5.74) is 2.64. The van der Waals surface area contributed by atoms with Gasteiger partial charge in [0.15, 0.2) is 0 Å². The molecule has 1 heterocycles. The Morgan fingerprint density at radius 1 is 1.15 bits per heavy atom. The Bertz CT molecular complexity index is 699. The maximum atomic E-state index is 9.19. The first-order chi connectivity index (χ1) is 13.2. The summed E-state index contributed by atoms with van der Waals surface area (Å²) >= 11 is 8.35. The number of aliphatic hydroxyl groups is 1. The number of ether oxygens (including phenoxy) is 1. The number of halogens is 1. The zero-order chi connectivity index (χ0) is 19.1. The summed E-state index contributed by atoms with van der Waals surface area (Å²) in [6.45, 7) is 3.85. The second kappa shape index (κ2) is 10.6. The lowest BCUT2D eigenvalue weighted by Gasteiger charge is -2.22. The maximum Gasteiger partial charge on any atom is 0.0774 e. The third-order valence-corrected chi connectivity index (χ3v) is 7.39. The van der Waals surface area contributed by atoms with Crippen LogP contribution in [0, 0.1) is 11.8 Å². The van der Waals surface area contributed by atoms with Crippen LogP contribution in [-0.2, 0) is 30.8 Å². The topological polar surface area (TPSA) is 29.5 Å². The standard InChI is InChI=1S/C23H31ClO2S/c1-2-17-5-3-6-18(13-17)15-26-16-19-9-12-23(24)22(19)8-4-7-20-10-11-21(14-25)27-20/h3,5-6,10-11,13,19,22-23,25H,2,4,7-9,12,14-16H2,1H3/t19-,22-,23-/m1/s1. The van der Waals surface area contributed by atoms with Crippen LogP contribution >= 0.6 is 22.9 Å². The normalized spacial score (nSPS) is 22.4. The van der Waals surface area contributed by atoms with Gasteiger partial charge in [0, 0.05) is 15.1 Å². The SMILES string of the molecule is CCc1cccc(COC[C@H]2CC[C@@H](Cl)[C@@H]2CCCc2ccc(CO)s2)c1. The van der Waals surface area contributed by atoms with E-state index >= 15 is 0 Å². The maximum absolute atomic E-state index is 9.19. The quantitative estimate of drug-likeness (QED) is 0.492. The fourth-order valence-corrected chi connectivity index (χ4v) is 5.52. The van der Waals surface area contributed by atoms with Gasteiger partial charge in [0.25, 0.3) is 0 Å². The molecule has 148 valence electrons. The van der Waals surface area contributed by atoms with Crippen molar-refractivity contribution in [2.45, 2.75) is 64.0 Å². The molecule has 4 heteroatoms. The average Bonchev–Trinajstić information content (AvgIpc) is 3.29. The Balaban J connectivity index is 1.43. The molecule has 2 aromatic rings. The van der Waals surface area contributed by atoms with Gasteiger partial charge in [-0.05, 0) is 73.6 Å². The van der Waals surface area contributed by atoms with Crippen molar-refractivity contribution in [3.8, 4) is 0 Å². The largest absolute Gasteiger partial charge is 0.391 e. The van der Waals surface area contributed by atoms with E-state index in [0.29, 0.717) is 23.8 Å². The minimum absolute atomic E-state index is 0.150. The third-order valence-electron chi connectivity index (χ3n) is 5.72. The molecule has 1 aliphatic carbocycles. The highest BCUT2D eigenvalue weighted by atomic mass is 35.5. The van der Waals surface area contributed by atoms with Gasteiger partial charge in [-0.3, -0.25) is 0 Å². The molecule has 0 bridgehead atoms. The van der Waals surface area contributed by atoms with Crippen LogP contribution in [-0.4, -0.2) is 17.1 Å². The summed E-state index contributed by atoms with van der Waals surface area (Å²) in [5.74, 6) is 1.14. The Morgan fingerprint density at radius 3 is 2.74 bits per heavy atom. The highest BCUT2D eigenvalue weighted by molar-refractivity contribution is 7.11. The molecule has 1 fully saturated rings. The third kappa shape index (κ3) is 6.05. The van der Waals surface area contributed by atoms with Crippen molar-refractivity contribution in [1.82, 2.24) is 0 Å². The molecule has 3 rings (SSSR count). The Kier molecular flexibility index (Phi) is 8.20. The van der Waals surface area contributed by atoms with E-state index in [2.05, 4.69) is 37.3 Å². The predicted octanol–water partition coefficient (Wildman–Crippen LogP) is 5.98. The molecule has 27 heavy (non-hydrogen) atoms. The fraction of sp³-hybridized carbons (Fsp3) is 0.565. The van der Waals surface area contributed by atoms with E-state index in [-0.39, 0.29) is 6.61 Å². The van der Waals surface area contributed by atoms with Crippen LogP contribution in [0.25, 0.3) is 0 Å². The highest BCUT2D eigenvalue weighted by Crippen LogP contribution is 2.39. The van der Waals surface area contributed by atoms with Crippen LogP contribution in [0.15, 0.2) is 36.4 Å². The first-order valence-corrected chi connectivity index (χ1v) is 11.4. The number of alkyl halides is 1. The summed E-state index contributed by atoms with van der Waals surface area (Å²) in [4.78, 5) is 2.42. The molecule has 0 unspecified atom stereocenters. The number of thiophene rings is 1. The van der Waals surface area contributed by atoms with Crippen molar-refractivity contribution < 1.29 is 9.84 Å². The molecule has 1 aromatic heterocycles. The first-order valence-electron chi connectivity index (χ1n) is 10.2. The molecule has 0 amide bonds. The van der Waals surface area contributed by atoms with Crippen LogP contribution in [0.1, 0.15) is 53.5 Å². The second-order valence-electron chi connectivity index (χ2n) is 7.62. The molecule has 1 saturated carbocycles. The molecular weight excluding hydrogens is 376 g/mol. The van der Waals surface area contributed by atoms with E-state index in [0.717, 1.165) is 37.2 Å². The van der Waals surface area contributed by atoms with Crippen LogP contribution < -0.4 is 0 Å². The molecule has 0 aliphatic heterocycles. The van der Waals surface area contributed by atoms with Crippen LogP contribution in [0.2, 0.25) is 0 Å². The number of benzene rings is 1. The fourth-order valence-electron chi connectivity index (χ4n) is 4.14. The monoisotopic (exact) mass is 406 g/mol. The van der Waals surface area contributed by atoms with E-state index < -0.39 is 0 Å². The molecule has 0 spiro atoms. The summed E-state index contributed by atoms with van der Waals surface area (Å²) in [5, 5.41) is 9.48. The number of aliphatic hydroxyl groups excluding tert-OH is 1. The van der Waals surface area contributed by atoms with Gasteiger partial charge in [-0.2, -0.15) is 0 Å². The molecular formula is C23H31ClO2S. The number of aryl methyl sites for hydroxylation is 2. The first kappa shape index (κ1) is 20.9. The molecule has 0 radical (unpaired) electrons. The van der Waals surface area contributed by atoms with Gasteiger partial charge in [-0.15, -0.1) is 22.9 Å². The summed E-state index contributed by atoms with van der Waals surface area (Å²) in [6.07, 6.45) is 6.77. The van der Waals surface area contributed by atoms with Crippen molar-refractivity contribution in [3.05, 3.63) is 57.3 Å². The van der Waals surface area contributed by atoms with Gasteiger partial charge in [0.1, 0.15) is 0 Å². The predicted molar refractivity (Wildman–Crippen MR) is 115 cm³/mol. The van der Waals surface area contributed by atoms with Gasteiger partial charge in [-0.25, -0.2) is 0 Å². The lowest BCUT2D eigenvalue weighted by Crippen LogP contribution is -2.20. The van der Waals surface area contributed by atoms with Crippen molar-refractivity contribution in [2.75, 3.05) is 6.61 Å². The molecule has 0 saturated heterocycles. The van der Waals surface area contributed by atoms with Crippen molar-refractivity contribution in [1.29, 1.82) is 0 Å². The summed E-state index contributed by atoms with van der Waals surface area (Å²) in [6, 6.07) is 12.9. The van der Waals surface area contributed by atoms with Gasteiger partial charge in [0.05, 0.1) is 19.8 Å². The second-order valence-corrected chi connectivity index (χ2v) is 9.44. The average molecular weight is 407 g/mol. The molecule has 1 N–H and O–H groups in total. The minimum Gasteiger partial charge on any atom is -0.391 e. The van der Waals surface area contributed by atoms with Crippen LogP contribution in [0.5, 0.6) is 0 Å². The van der Waals surface area contributed by atoms with Gasteiger partial charge in [-0.1, -0.05) is 31.2 Å². The Labute approximate surface area is 172 Å². The summed E-state index contributed by atoms with van der Waals surface area (Å²) in [7, 11) is 0. The van der Waals surface area contributed by atoms with Crippen LogP contribution in [0.3, 0.4) is 0 Å². The van der Waals surface area contributed by atoms with Gasteiger partial charge in [0.2, 0.25) is 0 Å². The zero-order valence-corrected chi connectivity index (χ0v) is 17.8. The van der Waals surface area contributed by atoms with E-state index in [9.17, 15) is 5.11 Å². The minimum atomic E-state index is 0.150. The van der Waals surface area contributed by atoms with E-state index in [1.165, 1.54) is 28.8 Å². The van der Waals surface area contributed by atoms with Crippen molar-refractivity contribution >= 4 is 22.9 Å². The smallest absolute Gasteiger partial charge is 0.0774 e. The lowest BCUT2D eigenvalue weighted by atomic mass is 9.91. The van der Waals surface area contributed by atoms with Crippen LogP contribution in [0.4, 0.5) is 0 Å². The van der Waals surface area contributed by atoms with E-state index in [1.54, 1.807) is 11.3 Å². The van der Waals surface area contributed by atoms with Gasteiger partial charge < -0.3 is 9.84 Å². The molecule has 3 atom stereocenters. The molecule has 1 aromatic carbocycles. The van der Waals surface area contributed by atoms with E-state index in [1.807, 2.05) is 6.07 Å². The lowest BCUT2D eigenvalue weighted by molar-refractivity contribution is 0.0726. The van der Waals surface area contributed by atoms with Gasteiger partial charge >= 0.3 is 0 Å². The molecule has 2 nitrogen and oxygen atoms in total. The molecule has 1 aliphatic rings. The van der Waals surface area contributed by atoms with Crippen molar-refractivity contribution in [3.63, 3.8) is 0 Å². The number of rotatable bonds is 10. The Hall–Kier alpha value is -0.870. The number of hydrogen-bond donors (Lipinski definition) is 1. The zero-order valence-electron chi connectivity index (χ0n) is 16.2.